The third-order valence-corrected chi connectivity index (χ3v) is 4.90. The summed E-state index contributed by atoms with van der Waals surface area (Å²) in [6.45, 7) is -0.280. The second kappa shape index (κ2) is 7.94. The summed E-state index contributed by atoms with van der Waals surface area (Å²) in [7, 11) is 0. The normalized spacial score (nSPS) is 13.5. The monoisotopic (exact) mass is 451 g/mol. The van der Waals surface area contributed by atoms with Gasteiger partial charge < -0.3 is 10.4 Å². The van der Waals surface area contributed by atoms with Gasteiger partial charge in [0.15, 0.2) is 0 Å². The minimum absolute atomic E-state index is 0.214. The molecular weight excluding hydrogens is 436 g/mol. The van der Waals surface area contributed by atoms with E-state index in [2.05, 4.69) is 15.3 Å². The van der Waals surface area contributed by atoms with Crippen LogP contribution in [0.25, 0.3) is 21.8 Å². The molecule has 0 radical (unpaired) electrons. The fraction of sp³-hybridized carbons (Fsp3) is 0.182. The molecule has 0 aliphatic heterocycles. The van der Waals surface area contributed by atoms with Gasteiger partial charge in [0.1, 0.15) is 11.5 Å². The van der Waals surface area contributed by atoms with E-state index in [-0.39, 0.29) is 17.5 Å². The SMILES string of the molecule is OC(CNc1ccc2ccccc2n1)c1cc(C(F)(F)F)nc2c(C(F)(F)F)cccc12. The number of hydrogen-bond acceptors (Lipinski definition) is 4. The van der Waals surface area contributed by atoms with E-state index in [4.69, 9.17) is 0 Å². The number of hydrogen-bond donors (Lipinski definition) is 2. The molecule has 0 fully saturated rings. The lowest BCUT2D eigenvalue weighted by atomic mass is 9.99. The van der Waals surface area contributed by atoms with Crippen LogP contribution in [-0.2, 0) is 12.4 Å². The van der Waals surface area contributed by atoms with Gasteiger partial charge in [-0.15, -0.1) is 0 Å². The fourth-order valence-corrected chi connectivity index (χ4v) is 3.40. The summed E-state index contributed by atoms with van der Waals surface area (Å²) < 4.78 is 80.1. The third kappa shape index (κ3) is 4.31. The van der Waals surface area contributed by atoms with Gasteiger partial charge in [0.25, 0.3) is 0 Å². The highest BCUT2D eigenvalue weighted by Gasteiger charge is 2.38. The summed E-state index contributed by atoms with van der Waals surface area (Å²) in [6.07, 6.45) is -11.5. The molecule has 2 N–H and O–H groups in total. The first-order chi connectivity index (χ1) is 15.0. The van der Waals surface area contributed by atoms with Crippen molar-refractivity contribution >= 4 is 27.6 Å². The summed E-state index contributed by atoms with van der Waals surface area (Å²) in [4.78, 5) is 7.56. The van der Waals surface area contributed by atoms with Crippen molar-refractivity contribution in [1.29, 1.82) is 0 Å². The molecule has 0 amide bonds. The van der Waals surface area contributed by atoms with Crippen molar-refractivity contribution in [2.75, 3.05) is 11.9 Å². The number of aromatic nitrogens is 2. The summed E-state index contributed by atoms with van der Waals surface area (Å²) >= 11 is 0. The van der Waals surface area contributed by atoms with Crippen molar-refractivity contribution in [2.24, 2.45) is 0 Å². The minimum atomic E-state index is -4.99. The molecule has 0 aliphatic rings. The summed E-state index contributed by atoms with van der Waals surface area (Å²) in [5, 5.41) is 14.1. The lowest BCUT2D eigenvalue weighted by Crippen LogP contribution is -2.17. The van der Waals surface area contributed by atoms with Crippen molar-refractivity contribution in [3.05, 3.63) is 77.5 Å². The van der Waals surface area contributed by atoms with Crippen molar-refractivity contribution in [2.45, 2.75) is 18.5 Å². The number of nitrogens with zero attached hydrogens (tertiary/aromatic N) is 2. The maximum Gasteiger partial charge on any atom is 0.433 e. The van der Waals surface area contributed by atoms with E-state index in [1.165, 1.54) is 6.07 Å². The number of rotatable bonds is 4. The predicted octanol–water partition coefficient (Wildman–Crippen LogP) is 5.97. The van der Waals surface area contributed by atoms with Crippen LogP contribution in [0.2, 0.25) is 0 Å². The largest absolute Gasteiger partial charge is 0.433 e. The van der Waals surface area contributed by atoms with Crippen LogP contribution in [0, 0.1) is 0 Å². The molecule has 4 nitrogen and oxygen atoms in total. The van der Waals surface area contributed by atoms with Gasteiger partial charge in [-0.2, -0.15) is 26.3 Å². The molecule has 4 aromatic rings. The number of nitrogens with one attached hydrogen (secondary N) is 1. The number of fused-ring (bicyclic) bond motifs is 2. The molecule has 0 bridgehead atoms. The fourth-order valence-electron chi connectivity index (χ4n) is 3.40. The molecule has 0 aliphatic carbocycles. The molecule has 0 saturated heterocycles. The van der Waals surface area contributed by atoms with Gasteiger partial charge in [0.2, 0.25) is 0 Å². The van der Waals surface area contributed by atoms with E-state index < -0.39 is 35.2 Å². The zero-order valence-corrected chi connectivity index (χ0v) is 16.2. The van der Waals surface area contributed by atoms with Crippen LogP contribution in [-0.4, -0.2) is 21.6 Å². The van der Waals surface area contributed by atoms with Crippen LogP contribution in [0.4, 0.5) is 32.2 Å². The van der Waals surface area contributed by atoms with E-state index in [1.54, 1.807) is 24.3 Å². The molecule has 2 aromatic carbocycles. The van der Waals surface area contributed by atoms with Gasteiger partial charge in [0, 0.05) is 17.3 Å². The molecule has 166 valence electrons. The Bertz CT molecular complexity index is 1290. The molecule has 0 spiro atoms. The van der Waals surface area contributed by atoms with E-state index in [0.717, 1.165) is 11.5 Å². The van der Waals surface area contributed by atoms with Crippen LogP contribution in [0.1, 0.15) is 22.9 Å². The maximum absolute atomic E-state index is 13.4. The Kier molecular flexibility index (Phi) is 5.41. The lowest BCUT2D eigenvalue weighted by molar-refractivity contribution is -0.142. The average molecular weight is 451 g/mol. The third-order valence-electron chi connectivity index (χ3n) is 4.90. The Hall–Kier alpha value is -3.40. The quantitative estimate of drug-likeness (QED) is 0.376. The van der Waals surface area contributed by atoms with Crippen molar-refractivity contribution in [1.82, 2.24) is 9.97 Å². The number of aliphatic hydroxyl groups excluding tert-OH is 1. The Morgan fingerprint density at radius 1 is 0.844 bits per heavy atom. The van der Waals surface area contributed by atoms with Crippen LogP contribution < -0.4 is 5.32 Å². The molecule has 1 unspecified atom stereocenters. The van der Waals surface area contributed by atoms with Gasteiger partial charge in [-0.3, -0.25) is 0 Å². The van der Waals surface area contributed by atoms with Crippen LogP contribution in [0.15, 0.2) is 60.7 Å². The van der Waals surface area contributed by atoms with Gasteiger partial charge in [-0.25, -0.2) is 9.97 Å². The zero-order chi connectivity index (χ0) is 23.1. The Labute approximate surface area is 177 Å². The average Bonchev–Trinajstić information content (AvgIpc) is 2.74. The van der Waals surface area contributed by atoms with E-state index in [9.17, 15) is 31.4 Å². The smallest absolute Gasteiger partial charge is 0.387 e. The number of benzene rings is 2. The first-order valence-corrected chi connectivity index (χ1v) is 9.40. The highest BCUT2D eigenvalue weighted by atomic mass is 19.4. The van der Waals surface area contributed by atoms with Crippen molar-refractivity contribution in [3.8, 4) is 0 Å². The van der Waals surface area contributed by atoms with Crippen LogP contribution in [0.3, 0.4) is 0 Å². The van der Waals surface area contributed by atoms with Gasteiger partial charge in [-0.1, -0.05) is 30.3 Å². The first kappa shape index (κ1) is 21.8. The molecule has 32 heavy (non-hydrogen) atoms. The summed E-state index contributed by atoms with van der Waals surface area (Å²) in [6, 6.07) is 14.1. The molecule has 2 aromatic heterocycles. The van der Waals surface area contributed by atoms with Gasteiger partial charge in [-0.05, 0) is 35.9 Å². The number of para-hydroxylation sites is 2. The van der Waals surface area contributed by atoms with Gasteiger partial charge >= 0.3 is 12.4 Å². The van der Waals surface area contributed by atoms with Crippen LogP contribution in [0.5, 0.6) is 0 Å². The van der Waals surface area contributed by atoms with Gasteiger partial charge in [0.05, 0.1) is 22.7 Å². The molecule has 2 heterocycles. The van der Waals surface area contributed by atoms with E-state index >= 15 is 0 Å². The standard InChI is InChI=1S/C22H15F6N3O/c23-21(24,25)15-6-3-5-13-14(10-18(22(26,27)28)31-20(13)15)17(32)11-29-19-9-8-12-4-1-2-7-16(12)30-19/h1-10,17,32H,11H2,(H,29,30). The predicted molar refractivity (Wildman–Crippen MR) is 107 cm³/mol. The Morgan fingerprint density at radius 2 is 1.59 bits per heavy atom. The molecule has 0 saturated carbocycles. The number of pyridine rings is 2. The molecule has 10 heteroatoms. The number of aliphatic hydroxyl groups is 1. The minimum Gasteiger partial charge on any atom is -0.387 e. The van der Waals surface area contributed by atoms with Crippen molar-refractivity contribution < 1.29 is 31.4 Å². The zero-order valence-electron chi connectivity index (χ0n) is 16.2. The summed E-state index contributed by atoms with van der Waals surface area (Å²) in [5.74, 6) is 0.355. The van der Waals surface area contributed by atoms with Crippen LogP contribution >= 0.6 is 0 Å². The topological polar surface area (TPSA) is 58.0 Å². The number of halogens is 6. The van der Waals surface area contributed by atoms with E-state index in [1.807, 2.05) is 12.1 Å². The number of alkyl halides is 6. The Balaban J connectivity index is 1.72. The maximum atomic E-state index is 13.4. The van der Waals surface area contributed by atoms with Crippen molar-refractivity contribution in [3.63, 3.8) is 0 Å². The highest BCUT2D eigenvalue weighted by Crippen LogP contribution is 2.39. The number of anilines is 1. The van der Waals surface area contributed by atoms with E-state index in [0.29, 0.717) is 23.5 Å². The highest BCUT2D eigenvalue weighted by molar-refractivity contribution is 5.86. The molecule has 4 rings (SSSR count). The molecular formula is C22H15F6N3O. The lowest BCUT2D eigenvalue weighted by Gasteiger charge is -2.19. The second-order valence-electron chi connectivity index (χ2n) is 7.08. The Morgan fingerprint density at radius 3 is 2.31 bits per heavy atom. The molecule has 1 atom stereocenters. The first-order valence-electron chi connectivity index (χ1n) is 9.40. The summed E-state index contributed by atoms with van der Waals surface area (Å²) in [5.41, 5.74) is -3.34. The second-order valence-corrected chi connectivity index (χ2v) is 7.08.